The molecule has 0 bridgehead atoms. The van der Waals surface area contributed by atoms with Gasteiger partial charge in [0.1, 0.15) is 23.6 Å². The minimum absolute atomic E-state index is 0.00433. The standard InChI is InChI=1S/C36H40N4O5S/c1-39(28-15-19-30(44-3)20-16-28)35(42)32(23-26-11-7-5-8-12-26)37-34(41)25-46-38-33(24-27-13-9-6-10-14-27)36(43)40(2)29-17-21-31(45-4)22-18-29/h5-22,32-33,38H,23-25H2,1-4H3,(H,37,41)/t32-,33-/m0/s1. The largest absolute Gasteiger partial charge is 0.497 e. The van der Waals surface area contributed by atoms with Gasteiger partial charge >= 0.3 is 0 Å². The molecule has 0 aliphatic carbocycles. The van der Waals surface area contributed by atoms with Crippen molar-refractivity contribution in [1.29, 1.82) is 0 Å². The second-order valence-corrected chi connectivity index (χ2v) is 11.5. The van der Waals surface area contributed by atoms with Crippen molar-refractivity contribution >= 4 is 41.0 Å². The summed E-state index contributed by atoms with van der Waals surface area (Å²) in [5, 5.41) is 2.93. The molecule has 0 heterocycles. The molecule has 0 saturated heterocycles. The number of hydrogen-bond acceptors (Lipinski definition) is 7. The molecule has 0 fully saturated rings. The summed E-state index contributed by atoms with van der Waals surface area (Å²) < 4.78 is 13.7. The van der Waals surface area contributed by atoms with Crippen LogP contribution in [-0.2, 0) is 27.2 Å². The van der Waals surface area contributed by atoms with Crippen molar-refractivity contribution in [1.82, 2.24) is 10.0 Å². The second-order valence-electron chi connectivity index (χ2n) is 10.6. The lowest BCUT2D eigenvalue weighted by molar-refractivity contribution is -0.126. The number of nitrogens with one attached hydrogen (secondary N) is 2. The van der Waals surface area contributed by atoms with E-state index in [1.807, 2.05) is 72.8 Å². The van der Waals surface area contributed by atoms with Crippen LogP contribution in [0.15, 0.2) is 109 Å². The summed E-state index contributed by atoms with van der Waals surface area (Å²) in [6.07, 6.45) is 0.752. The lowest BCUT2D eigenvalue weighted by Gasteiger charge is -2.26. The average Bonchev–Trinajstić information content (AvgIpc) is 3.10. The molecule has 0 aromatic heterocycles. The number of carbonyl (C=O) groups excluding carboxylic acids is 3. The molecule has 2 N–H and O–H groups in total. The number of benzene rings is 4. The molecule has 0 unspecified atom stereocenters. The van der Waals surface area contributed by atoms with Gasteiger partial charge in [-0.1, -0.05) is 72.6 Å². The summed E-state index contributed by atoms with van der Waals surface area (Å²) in [6, 6.07) is 32.3. The van der Waals surface area contributed by atoms with Crippen LogP contribution in [0.1, 0.15) is 11.1 Å². The number of nitrogens with zero attached hydrogens (tertiary/aromatic N) is 2. The maximum Gasteiger partial charge on any atom is 0.249 e. The van der Waals surface area contributed by atoms with Gasteiger partial charge in [0.15, 0.2) is 0 Å². The maximum absolute atomic E-state index is 13.7. The number of carbonyl (C=O) groups is 3. The van der Waals surface area contributed by atoms with E-state index in [-0.39, 0.29) is 23.5 Å². The second kappa shape index (κ2) is 17.0. The summed E-state index contributed by atoms with van der Waals surface area (Å²) in [4.78, 5) is 43.7. The van der Waals surface area contributed by atoms with Crippen LogP contribution in [-0.4, -0.2) is 63.9 Å². The molecule has 0 saturated carbocycles. The van der Waals surface area contributed by atoms with Gasteiger partial charge in [-0.2, -0.15) is 0 Å². The van der Waals surface area contributed by atoms with Crippen LogP contribution in [0, 0.1) is 0 Å². The summed E-state index contributed by atoms with van der Waals surface area (Å²) >= 11 is 1.14. The highest BCUT2D eigenvalue weighted by molar-refractivity contribution is 7.98. The first-order valence-electron chi connectivity index (χ1n) is 14.9. The van der Waals surface area contributed by atoms with Crippen molar-refractivity contribution < 1.29 is 23.9 Å². The van der Waals surface area contributed by atoms with Gasteiger partial charge in [0.25, 0.3) is 0 Å². The van der Waals surface area contributed by atoms with Crippen LogP contribution < -0.4 is 29.3 Å². The molecule has 4 aromatic carbocycles. The third kappa shape index (κ3) is 9.60. The molecule has 3 amide bonds. The number of amides is 3. The van der Waals surface area contributed by atoms with Gasteiger partial charge in [0.05, 0.1) is 20.0 Å². The number of likely N-dealkylation sites (N-methyl/N-ethyl adjacent to an activating group) is 2. The summed E-state index contributed by atoms with van der Waals surface area (Å²) in [6.45, 7) is 0. The molecule has 0 spiro atoms. The zero-order chi connectivity index (χ0) is 32.9. The zero-order valence-corrected chi connectivity index (χ0v) is 27.3. The summed E-state index contributed by atoms with van der Waals surface area (Å²) in [5.74, 6) is 0.644. The van der Waals surface area contributed by atoms with E-state index >= 15 is 0 Å². The van der Waals surface area contributed by atoms with E-state index in [0.717, 1.165) is 28.8 Å². The fraction of sp³-hybridized carbons (Fsp3) is 0.250. The topological polar surface area (TPSA) is 100 Å². The van der Waals surface area contributed by atoms with Crippen LogP contribution in [0.4, 0.5) is 11.4 Å². The summed E-state index contributed by atoms with van der Waals surface area (Å²) in [5.41, 5.74) is 3.30. The molecule has 240 valence electrons. The Morgan fingerprint density at radius 2 is 1.04 bits per heavy atom. The van der Waals surface area contributed by atoms with E-state index in [2.05, 4.69) is 10.0 Å². The normalized spacial score (nSPS) is 12.0. The molecular weight excluding hydrogens is 600 g/mol. The highest BCUT2D eigenvalue weighted by Gasteiger charge is 2.27. The Bertz CT molecular complexity index is 1550. The smallest absolute Gasteiger partial charge is 0.249 e. The molecule has 0 aliphatic heterocycles. The minimum atomic E-state index is -0.800. The van der Waals surface area contributed by atoms with E-state index in [0.29, 0.717) is 30.0 Å². The number of rotatable bonds is 15. The van der Waals surface area contributed by atoms with Crippen LogP contribution in [0.5, 0.6) is 11.5 Å². The molecule has 9 nitrogen and oxygen atoms in total. The monoisotopic (exact) mass is 640 g/mol. The van der Waals surface area contributed by atoms with Gasteiger partial charge in [-0.3, -0.25) is 19.1 Å². The number of hydrogen-bond donors (Lipinski definition) is 2. The number of anilines is 2. The minimum Gasteiger partial charge on any atom is -0.497 e. The van der Waals surface area contributed by atoms with Gasteiger partial charge in [-0.15, -0.1) is 0 Å². The lowest BCUT2D eigenvalue weighted by atomic mass is 10.0. The Labute approximate surface area is 275 Å². The predicted molar refractivity (Wildman–Crippen MR) is 184 cm³/mol. The van der Waals surface area contributed by atoms with E-state index < -0.39 is 12.1 Å². The third-order valence-electron chi connectivity index (χ3n) is 7.51. The molecule has 2 atom stereocenters. The Kier molecular flexibility index (Phi) is 12.6. The van der Waals surface area contributed by atoms with Gasteiger partial charge in [0.2, 0.25) is 17.7 Å². The van der Waals surface area contributed by atoms with E-state index in [9.17, 15) is 14.4 Å². The number of methoxy groups -OCH3 is 2. The molecule has 0 aliphatic rings. The van der Waals surface area contributed by atoms with Crippen LogP contribution in [0.2, 0.25) is 0 Å². The molecule has 0 radical (unpaired) electrons. The van der Waals surface area contributed by atoms with Crippen molar-refractivity contribution in [3.05, 3.63) is 120 Å². The molecule has 4 aromatic rings. The van der Waals surface area contributed by atoms with Crippen LogP contribution >= 0.6 is 11.9 Å². The fourth-order valence-electron chi connectivity index (χ4n) is 4.86. The molecule has 10 heteroatoms. The third-order valence-corrected chi connectivity index (χ3v) is 8.36. The van der Waals surface area contributed by atoms with Crippen molar-refractivity contribution in [2.45, 2.75) is 24.9 Å². The van der Waals surface area contributed by atoms with Gasteiger partial charge in [-0.25, -0.2) is 0 Å². The van der Waals surface area contributed by atoms with Crippen molar-refractivity contribution in [2.24, 2.45) is 0 Å². The van der Waals surface area contributed by atoms with E-state index in [1.54, 1.807) is 69.6 Å². The average molecular weight is 641 g/mol. The van der Waals surface area contributed by atoms with Gasteiger partial charge in [-0.05, 0) is 66.1 Å². The van der Waals surface area contributed by atoms with E-state index in [4.69, 9.17) is 9.47 Å². The summed E-state index contributed by atoms with van der Waals surface area (Å²) in [7, 11) is 6.58. The Balaban J connectivity index is 1.43. The Morgan fingerprint density at radius 3 is 1.48 bits per heavy atom. The van der Waals surface area contributed by atoms with Gasteiger partial charge < -0.3 is 24.6 Å². The Morgan fingerprint density at radius 1 is 0.630 bits per heavy atom. The van der Waals surface area contributed by atoms with Crippen molar-refractivity contribution in [3.63, 3.8) is 0 Å². The molecule has 46 heavy (non-hydrogen) atoms. The van der Waals surface area contributed by atoms with E-state index in [1.165, 1.54) is 4.90 Å². The SMILES string of the molecule is COc1ccc(N(C)C(=O)[C@H](Cc2ccccc2)NSCC(=O)N[C@@H](Cc2ccccc2)C(=O)N(C)c2ccc(OC)cc2)cc1. The highest BCUT2D eigenvalue weighted by atomic mass is 32.2. The molecular formula is C36H40N4O5S. The number of ether oxygens (including phenoxy) is 2. The van der Waals surface area contributed by atoms with Crippen molar-refractivity contribution in [3.8, 4) is 11.5 Å². The zero-order valence-electron chi connectivity index (χ0n) is 26.5. The first-order valence-corrected chi connectivity index (χ1v) is 15.9. The van der Waals surface area contributed by atoms with Crippen LogP contribution in [0.3, 0.4) is 0 Å². The fourth-order valence-corrected chi connectivity index (χ4v) is 5.54. The first kappa shape index (κ1) is 34.1. The lowest BCUT2D eigenvalue weighted by Crippen LogP contribution is -2.49. The quantitative estimate of drug-likeness (QED) is 0.178. The Hall–Kier alpha value is -4.80. The first-order chi connectivity index (χ1) is 22.3. The highest BCUT2D eigenvalue weighted by Crippen LogP contribution is 2.21. The van der Waals surface area contributed by atoms with Gasteiger partial charge in [0, 0.05) is 31.9 Å². The maximum atomic E-state index is 13.7. The molecule has 4 rings (SSSR count). The predicted octanol–water partition coefficient (Wildman–Crippen LogP) is 4.91. The van der Waals surface area contributed by atoms with Crippen LogP contribution in [0.25, 0.3) is 0 Å². The van der Waals surface area contributed by atoms with Crippen molar-refractivity contribution in [2.75, 3.05) is 43.9 Å².